The molecule has 138 valence electrons. The highest BCUT2D eigenvalue weighted by molar-refractivity contribution is 14.0. The molecule has 0 atom stereocenters. The second-order valence-corrected chi connectivity index (χ2v) is 6.03. The fraction of sp³-hybridized carbons (Fsp3) is 0.667. The SMILES string of the molecule is CCNC(=NCCOCCC(C)C)NCCc1ccncc1C.I. The Balaban J connectivity index is 0.00000529. The smallest absolute Gasteiger partial charge is 0.191 e. The Bertz CT molecular complexity index is 466. The lowest BCUT2D eigenvalue weighted by molar-refractivity contribution is 0.130. The first kappa shape index (κ1) is 23.1. The van der Waals surface area contributed by atoms with Gasteiger partial charge >= 0.3 is 0 Å². The molecule has 0 aliphatic heterocycles. The summed E-state index contributed by atoms with van der Waals surface area (Å²) in [6, 6.07) is 2.07. The van der Waals surface area contributed by atoms with Gasteiger partial charge in [0.2, 0.25) is 0 Å². The normalized spacial score (nSPS) is 11.3. The van der Waals surface area contributed by atoms with Crippen LogP contribution in [0.5, 0.6) is 0 Å². The minimum atomic E-state index is 0. The summed E-state index contributed by atoms with van der Waals surface area (Å²) in [5.41, 5.74) is 2.55. The first-order valence-corrected chi connectivity index (χ1v) is 8.62. The van der Waals surface area contributed by atoms with E-state index in [0.29, 0.717) is 19.1 Å². The van der Waals surface area contributed by atoms with Crippen molar-refractivity contribution in [1.82, 2.24) is 15.6 Å². The maximum absolute atomic E-state index is 5.59. The van der Waals surface area contributed by atoms with E-state index in [2.05, 4.69) is 54.4 Å². The van der Waals surface area contributed by atoms with Crippen molar-refractivity contribution in [3.63, 3.8) is 0 Å². The van der Waals surface area contributed by atoms with Crippen molar-refractivity contribution in [3.8, 4) is 0 Å². The number of aryl methyl sites for hydroxylation is 1. The van der Waals surface area contributed by atoms with Crippen molar-refractivity contribution in [2.75, 3.05) is 32.8 Å². The third kappa shape index (κ3) is 10.8. The quantitative estimate of drug-likeness (QED) is 0.250. The van der Waals surface area contributed by atoms with E-state index in [4.69, 9.17) is 4.74 Å². The van der Waals surface area contributed by atoms with Gasteiger partial charge in [0.25, 0.3) is 0 Å². The van der Waals surface area contributed by atoms with Crippen LogP contribution < -0.4 is 10.6 Å². The number of halogens is 1. The van der Waals surface area contributed by atoms with Crippen LogP contribution in [0.1, 0.15) is 38.3 Å². The lowest BCUT2D eigenvalue weighted by Gasteiger charge is -2.12. The topological polar surface area (TPSA) is 58.5 Å². The highest BCUT2D eigenvalue weighted by atomic mass is 127. The zero-order chi connectivity index (χ0) is 16.9. The van der Waals surface area contributed by atoms with Crippen molar-refractivity contribution in [1.29, 1.82) is 0 Å². The molecule has 1 aromatic heterocycles. The van der Waals surface area contributed by atoms with Crippen LogP contribution >= 0.6 is 24.0 Å². The van der Waals surface area contributed by atoms with E-state index in [9.17, 15) is 0 Å². The zero-order valence-electron chi connectivity index (χ0n) is 15.5. The van der Waals surface area contributed by atoms with Crippen LogP contribution in [0.15, 0.2) is 23.5 Å². The van der Waals surface area contributed by atoms with Crippen molar-refractivity contribution < 1.29 is 4.74 Å². The largest absolute Gasteiger partial charge is 0.380 e. The summed E-state index contributed by atoms with van der Waals surface area (Å²) in [5.74, 6) is 1.54. The summed E-state index contributed by atoms with van der Waals surface area (Å²) in [4.78, 5) is 8.66. The first-order valence-electron chi connectivity index (χ1n) is 8.62. The van der Waals surface area contributed by atoms with E-state index in [1.54, 1.807) is 0 Å². The standard InChI is InChI=1S/C18H32N4O.HI/c1-5-20-18(22-11-13-23-12-8-15(2)3)21-10-7-17-6-9-19-14-16(17)4;/h6,9,14-15H,5,7-8,10-13H2,1-4H3,(H2,20,21,22);1H. The Morgan fingerprint density at radius 2 is 2.08 bits per heavy atom. The molecule has 6 heteroatoms. The lowest BCUT2D eigenvalue weighted by Crippen LogP contribution is -2.38. The fourth-order valence-corrected chi connectivity index (χ4v) is 2.08. The molecule has 0 aliphatic carbocycles. The molecule has 0 aromatic carbocycles. The third-order valence-corrected chi connectivity index (χ3v) is 3.51. The molecule has 0 saturated carbocycles. The van der Waals surface area contributed by atoms with Gasteiger partial charge in [0.1, 0.15) is 0 Å². The zero-order valence-corrected chi connectivity index (χ0v) is 17.8. The third-order valence-electron chi connectivity index (χ3n) is 3.51. The molecule has 0 amide bonds. The Labute approximate surface area is 164 Å². The minimum absolute atomic E-state index is 0. The van der Waals surface area contributed by atoms with Gasteiger partial charge < -0.3 is 15.4 Å². The molecular formula is C18H33IN4O. The predicted molar refractivity (Wildman–Crippen MR) is 112 cm³/mol. The van der Waals surface area contributed by atoms with Gasteiger partial charge in [-0.15, -0.1) is 24.0 Å². The summed E-state index contributed by atoms with van der Waals surface area (Å²) in [7, 11) is 0. The van der Waals surface area contributed by atoms with Gasteiger partial charge in [0.15, 0.2) is 5.96 Å². The highest BCUT2D eigenvalue weighted by Gasteiger charge is 2.00. The molecule has 1 heterocycles. The number of nitrogens with one attached hydrogen (secondary N) is 2. The average Bonchev–Trinajstić information content (AvgIpc) is 2.52. The maximum Gasteiger partial charge on any atom is 0.191 e. The molecular weight excluding hydrogens is 415 g/mol. The molecule has 5 nitrogen and oxygen atoms in total. The van der Waals surface area contributed by atoms with Gasteiger partial charge in [0, 0.05) is 32.1 Å². The number of pyridine rings is 1. The van der Waals surface area contributed by atoms with Crippen molar-refractivity contribution in [2.24, 2.45) is 10.9 Å². The van der Waals surface area contributed by atoms with Gasteiger partial charge in [-0.1, -0.05) is 13.8 Å². The Hall–Kier alpha value is -0.890. The van der Waals surface area contributed by atoms with Gasteiger partial charge in [-0.05, 0) is 49.8 Å². The summed E-state index contributed by atoms with van der Waals surface area (Å²) in [5, 5.41) is 6.63. The highest BCUT2D eigenvalue weighted by Crippen LogP contribution is 2.04. The van der Waals surface area contributed by atoms with E-state index in [1.807, 2.05) is 12.4 Å². The maximum atomic E-state index is 5.59. The van der Waals surface area contributed by atoms with E-state index in [-0.39, 0.29) is 24.0 Å². The molecule has 0 aliphatic rings. The van der Waals surface area contributed by atoms with Gasteiger partial charge in [0.05, 0.1) is 13.2 Å². The van der Waals surface area contributed by atoms with E-state index < -0.39 is 0 Å². The molecule has 0 saturated heterocycles. The molecule has 0 fully saturated rings. The average molecular weight is 448 g/mol. The van der Waals surface area contributed by atoms with Crippen LogP contribution in [0.2, 0.25) is 0 Å². The van der Waals surface area contributed by atoms with Crippen LogP contribution in [0.4, 0.5) is 0 Å². The first-order chi connectivity index (χ1) is 11.1. The van der Waals surface area contributed by atoms with Gasteiger partial charge in [-0.3, -0.25) is 9.98 Å². The predicted octanol–water partition coefficient (Wildman–Crippen LogP) is 3.17. The number of aromatic nitrogens is 1. The van der Waals surface area contributed by atoms with Crippen LogP contribution in [-0.4, -0.2) is 43.8 Å². The number of ether oxygens (including phenoxy) is 1. The molecule has 24 heavy (non-hydrogen) atoms. The van der Waals surface area contributed by atoms with Crippen LogP contribution in [0.25, 0.3) is 0 Å². The summed E-state index contributed by atoms with van der Waals surface area (Å²) >= 11 is 0. The number of hydrogen-bond acceptors (Lipinski definition) is 3. The van der Waals surface area contributed by atoms with E-state index in [0.717, 1.165) is 38.5 Å². The van der Waals surface area contributed by atoms with E-state index >= 15 is 0 Å². The van der Waals surface area contributed by atoms with Crippen molar-refractivity contribution >= 4 is 29.9 Å². The number of aliphatic imine (C=N–C) groups is 1. The molecule has 1 rings (SSSR count). The number of rotatable bonds is 10. The molecule has 0 unspecified atom stereocenters. The summed E-state index contributed by atoms with van der Waals surface area (Å²) in [6.07, 6.45) is 5.82. The fourth-order valence-electron chi connectivity index (χ4n) is 2.08. The Kier molecular flexibility index (Phi) is 13.9. The summed E-state index contributed by atoms with van der Waals surface area (Å²) in [6.45, 7) is 12.5. The number of nitrogens with zero attached hydrogens (tertiary/aromatic N) is 2. The van der Waals surface area contributed by atoms with Crippen LogP contribution in [-0.2, 0) is 11.2 Å². The van der Waals surface area contributed by atoms with E-state index in [1.165, 1.54) is 11.1 Å². The molecule has 1 aromatic rings. The van der Waals surface area contributed by atoms with Crippen LogP contribution in [0.3, 0.4) is 0 Å². The molecule has 2 N–H and O–H groups in total. The second kappa shape index (κ2) is 14.5. The number of hydrogen-bond donors (Lipinski definition) is 2. The molecule has 0 bridgehead atoms. The summed E-state index contributed by atoms with van der Waals surface area (Å²) < 4.78 is 5.59. The van der Waals surface area contributed by atoms with Gasteiger partial charge in [-0.2, -0.15) is 0 Å². The Morgan fingerprint density at radius 1 is 1.29 bits per heavy atom. The monoisotopic (exact) mass is 448 g/mol. The number of guanidine groups is 1. The van der Waals surface area contributed by atoms with Crippen molar-refractivity contribution in [2.45, 2.75) is 40.5 Å². The second-order valence-electron chi connectivity index (χ2n) is 6.03. The van der Waals surface area contributed by atoms with Crippen molar-refractivity contribution in [3.05, 3.63) is 29.6 Å². The minimum Gasteiger partial charge on any atom is -0.380 e. The molecule has 0 radical (unpaired) electrons. The van der Waals surface area contributed by atoms with Gasteiger partial charge in [-0.25, -0.2) is 0 Å². The van der Waals surface area contributed by atoms with Crippen LogP contribution in [0, 0.1) is 12.8 Å². The Morgan fingerprint density at radius 3 is 2.75 bits per heavy atom. The molecule has 0 spiro atoms. The lowest BCUT2D eigenvalue weighted by atomic mass is 10.1.